The van der Waals surface area contributed by atoms with Crippen LogP contribution < -0.4 is 11.3 Å². The van der Waals surface area contributed by atoms with E-state index >= 15 is 0 Å². The Morgan fingerprint density at radius 2 is 2.21 bits per heavy atom. The number of hydrogen-bond donors (Lipinski definition) is 2. The summed E-state index contributed by atoms with van der Waals surface area (Å²) < 4.78 is 17.6. The molecule has 0 radical (unpaired) electrons. The molecule has 1 aromatic rings. The number of halogens is 2. The quantitative estimate of drug-likeness (QED) is 0.448. The average Bonchev–Trinajstić information content (AvgIpc) is 2.17. The van der Waals surface area contributed by atoms with Gasteiger partial charge in [-0.1, -0.05) is 6.07 Å². The van der Waals surface area contributed by atoms with Crippen molar-refractivity contribution in [1.82, 2.24) is 0 Å². The molecule has 0 aliphatic carbocycles. The molecule has 0 fully saturated rings. The van der Waals surface area contributed by atoms with Crippen LogP contribution in [0.3, 0.4) is 0 Å². The predicted molar refractivity (Wildman–Crippen MR) is 52.8 cm³/mol. The largest absolute Gasteiger partial charge is 0.465 e. The molecule has 0 atom stereocenters. The van der Waals surface area contributed by atoms with Crippen molar-refractivity contribution in [3.05, 3.63) is 29.6 Å². The lowest BCUT2D eigenvalue weighted by Crippen LogP contribution is -2.12. The average molecular weight is 221 g/mol. The van der Waals surface area contributed by atoms with Gasteiger partial charge in [0.15, 0.2) is 5.82 Å². The van der Waals surface area contributed by atoms with Gasteiger partial charge in [0, 0.05) is 0 Å². The number of anilines is 1. The van der Waals surface area contributed by atoms with Crippen LogP contribution in [0.1, 0.15) is 10.4 Å². The zero-order chi connectivity index (χ0) is 9.84. The molecule has 0 spiro atoms. The van der Waals surface area contributed by atoms with E-state index in [1.165, 1.54) is 25.3 Å². The van der Waals surface area contributed by atoms with Crippen LogP contribution >= 0.6 is 12.4 Å². The van der Waals surface area contributed by atoms with E-state index in [1.54, 1.807) is 0 Å². The van der Waals surface area contributed by atoms with Crippen molar-refractivity contribution in [3.8, 4) is 0 Å². The molecule has 0 saturated carbocycles. The molecular formula is C8H10ClFN2O2. The van der Waals surface area contributed by atoms with Crippen molar-refractivity contribution >= 4 is 24.1 Å². The maximum absolute atomic E-state index is 13.3. The smallest absolute Gasteiger partial charge is 0.340 e. The highest BCUT2D eigenvalue weighted by atomic mass is 35.5. The maximum atomic E-state index is 13.3. The normalized spacial score (nSPS) is 8.79. The van der Waals surface area contributed by atoms with Crippen molar-refractivity contribution in [2.75, 3.05) is 12.5 Å². The van der Waals surface area contributed by atoms with Crippen LogP contribution in [0.5, 0.6) is 0 Å². The minimum Gasteiger partial charge on any atom is -0.465 e. The third kappa shape index (κ3) is 2.34. The molecule has 0 unspecified atom stereocenters. The predicted octanol–water partition coefficient (Wildman–Crippen LogP) is 1.32. The first kappa shape index (κ1) is 12.7. The van der Waals surface area contributed by atoms with Gasteiger partial charge in [-0.25, -0.2) is 9.18 Å². The Balaban J connectivity index is 0.00000169. The molecule has 1 aromatic carbocycles. The van der Waals surface area contributed by atoms with Crippen molar-refractivity contribution in [2.24, 2.45) is 5.84 Å². The second-order valence-corrected chi connectivity index (χ2v) is 2.30. The zero-order valence-corrected chi connectivity index (χ0v) is 8.23. The van der Waals surface area contributed by atoms with E-state index in [0.29, 0.717) is 0 Å². The molecule has 1 rings (SSSR count). The SMILES string of the molecule is COC(=O)c1cccc(NN)c1F.Cl. The van der Waals surface area contributed by atoms with Crippen LogP contribution in [0.4, 0.5) is 10.1 Å². The number of rotatable bonds is 2. The number of methoxy groups -OCH3 is 1. The number of hydrazine groups is 1. The van der Waals surface area contributed by atoms with E-state index in [9.17, 15) is 9.18 Å². The highest BCUT2D eigenvalue weighted by Gasteiger charge is 2.14. The van der Waals surface area contributed by atoms with Crippen LogP contribution in [0, 0.1) is 5.82 Å². The van der Waals surface area contributed by atoms with Crippen LogP contribution in [-0.4, -0.2) is 13.1 Å². The monoisotopic (exact) mass is 220 g/mol. The highest BCUT2D eigenvalue weighted by Crippen LogP contribution is 2.17. The van der Waals surface area contributed by atoms with Gasteiger partial charge in [0.05, 0.1) is 18.4 Å². The molecule has 0 aliphatic rings. The topological polar surface area (TPSA) is 64.3 Å². The summed E-state index contributed by atoms with van der Waals surface area (Å²) in [5.41, 5.74) is 2.05. The van der Waals surface area contributed by atoms with Crippen LogP contribution in [-0.2, 0) is 4.74 Å². The molecule has 0 aliphatic heterocycles. The van der Waals surface area contributed by atoms with Gasteiger partial charge in [-0.15, -0.1) is 12.4 Å². The minimum absolute atomic E-state index is 0. The Hall–Kier alpha value is -1.33. The van der Waals surface area contributed by atoms with Gasteiger partial charge in [-0.05, 0) is 12.1 Å². The fourth-order valence-corrected chi connectivity index (χ4v) is 0.911. The van der Waals surface area contributed by atoms with Gasteiger partial charge in [0.1, 0.15) is 0 Å². The van der Waals surface area contributed by atoms with E-state index in [1.807, 2.05) is 0 Å². The van der Waals surface area contributed by atoms with Crippen LogP contribution in [0.2, 0.25) is 0 Å². The molecule has 4 nitrogen and oxygen atoms in total. The van der Waals surface area contributed by atoms with Crippen molar-refractivity contribution < 1.29 is 13.9 Å². The zero-order valence-electron chi connectivity index (χ0n) is 7.41. The van der Waals surface area contributed by atoms with E-state index in [-0.39, 0.29) is 23.7 Å². The van der Waals surface area contributed by atoms with E-state index in [0.717, 1.165) is 0 Å². The van der Waals surface area contributed by atoms with Crippen molar-refractivity contribution in [1.29, 1.82) is 0 Å². The summed E-state index contributed by atoms with van der Waals surface area (Å²) in [7, 11) is 1.18. The number of esters is 1. The molecule has 0 aromatic heterocycles. The van der Waals surface area contributed by atoms with Gasteiger partial charge < -0.3 is 10.2 Å². The molecule has 0 bridgehead atoms. The van der Waals surface area contributed by atoms with Crippen molar-refractivity contribution in [2.45, 2.75) is 0 Å². The molecule has 3 N–H and O–H groups in total. The highest BCUT2D eigenvalue weighted by molar-refractivity contribution is 5.90. The van der Waals surface area contributed by atoms with Crippen LogP contribution in [0.25, 0.3) is 0 Å². The van der Waals surface area contributed by atoms with Crippen molar-refractivity contribution in [3.63, 3.8) is 0 Å². The molecular weight excluding hydrogens is 211 g/mol. The van der Waals surface area contributed by atoms with E-state index in [2.05, 4.69) is 10.2 Å². The summed E-state index contributed by atoms with van der Waals surface area (Å²) in [6.45, 7) is 0. The van der Waals surface area contributed by atoms with E-state index in [4.69, 9.17) is 5.84 Å². The molecule has 0 heterocycles. The first-order valence-electron chi connectivity index (χ1n) is 3.54. The molecule has 0 saturated heterocycles. The van der Waals surface area contributed by atoms with Gasteiger partial charge in [0.2, 0.25) is 0 Å². The second kappa shape index (κ2) is 5.41. The Labute approximate surface area is 86.6 Å². The van der Waals surface area contributed by atoms with Gasteiger partial charge >= 0.3 is 5.97 Å². The Morgan fingerprint density at radius 3 is 2.71 bits per heavy atom. The lowest BCUT2D eigenvalue weighted by Gasteiger charge is -2.05. The van der Waals surface area contributed by atoms with Gasteiger partial charge in [-0.3, -0.25) is 5.84 Å². The Kier molecular flexibility index (Phi) is 4.90. The lowest BCUT2D eigenvalue weighted by atomic mass is 10.2. The Morgan fingerprint density at radius 1 is 1.57 bits per heavy atom. The maximum Gasteiger partial charge on any atom is 0.340 e. The summed E-state index contributed by atoms with van der Waals surface area (Å²) in [6.07, 6.45) is 0. The minimum atomic E-state index is -0.727. The standard InChI is InChI=1S/C8H9FN2O2.ClH/c1-13-8(12)5-3-2-4-6(11-10)7(5)9;/h2-4,11H,10H2,1H3;1H. The number of nitrogen functional groups attached to an aromatic ring is 1. The first-order chi connectivity index (χ1) is 6.20. The third-order valence-electron chi connectivity index (χ3n) is 1.56. The first-order valence-corrected chi connectivity index (χ1v) is 3.54. The number of hydrogen-bond acceptors (Lipinski definition) is 4. The van der Waals surface area contributed by atoms with Gasteiger partial charge in [-0.2, -0.15) is 0 Å². The molecule has 78 valence electrons. The number of carbonyl (C=O) groups excluding carboxylic acids is 1. The van der Waals surface area contributed by atoms with Gasteiger partial charge in [0.25, 0.3) is 0 Å². The fraction of sp³-hybridized carbons (Fsp3) is 0.125. The summed E-state index contributed by atoms with van der Waals surface area (Å²) >= 11 is 0. The summed E-state index contributed by atoms with van der Waals surface area (Å²) in [4.78, 5) is 11.0. The molecule has 0 amide bonds. The number of benzene rings is 1. The molecule has 6 heteroatoms. The fourth-order valence-electron chi connectivity index (χ4n) is 0.911. The number of ether oxygens (including phenoxy) is 1. The number of carbonyl (C=O) groups is 1. The summed E-state index contributed by atoms with van der Waals surface area (Å²) in [5.74, 6) is 3.58. The summed E-state index contributed by atoms with van der Waals surface area (Å²) in [6, 6.07) is 4.24. The number of nitrogens with one attached hydrogen (secondary N) is 1. The second-order valence-electron chi connectivity index (χ2n) is 2.30. The molecule has 14 heavy (non-hydrogen) atoms. The lowest BCUT2D eigenvalue weighted by molar-refractivity contribution is 0.0595. The Bertz CT molecular complexity index is 333. The summed E-state index contributed by atoms with van der Waals surface area (Å²) in [5, 5.41) is 0. The van der Waals surface area contributed by atoms with Crippen LogP contribution in [0.15, 0.2) is 18.2 Å². The third-order valence-corrected chi connectivity index (χ3v) is 1.56. The van der Waals surface area contributed by atoms with E-state index < -0.39 is 11.8 Å². The number of nitrogens with two attached hydrogens (primary N) is 1.